The minimum atomic E-state index is -2.76. The van der Waals surface area contributed by atoms with Gasteiger partial charge in [-0.15, -0.1) is 0 Å². The van der Waals surface area contributed by atoms with E-state index in [4.69, 9.17) is 0 Å². The van der Waals surface area contributed by atoms with Crippen LogP contribution in [0, 0.1) is 0 Å². The molecule has 8 heavy (non-hydrogen) atoms. The van der Waals surface area contributed by atoms with Crippen LogP contribution in [0.3, 0.4) is 0 Å². The molecule has 0 saturated carbocycles. The monoisotopic (exact) mass is 184 g/mol. The Balaban J connectivity index is 2.92. The van der Waals surface area contributed by atoms with E-state index in [1.807, 2.05) is 0 Å². The van der Waals surface area contributed by atoms with Gasteiger partial charge in [0, 0.05) is 0 Å². The van der Waals surface area contributed by atoms with Crippen molar-refractivity contribution >= 4 is 15.8 Å². The van der Waals surface area contributed by atoms with Crippen LogP contribution in [0.4, 0.5) is 3.47 Å². The van der Waals surface area contributed by atoms with Crippen molar-refractivity contribution in [2.24, 2.45) is 0 Å². The minimum absolute atomic E-state index is 0.413. The van der Waals surface area contributed by atoms with Gasteiger partial charge in [0.25, 0.3) is 0 Å². The first-order chi connectivity index (χ1) is 3.81. The molecule has 0 N–H and O–H groups in total. The molecule has 0 fully saturated rings. The van der Waals surface area contributed by atoms with E-state index < -0.39 is 15.8 Å². The van der Waals surface area contributed by atoms with Crippen LogP contribution in [0.15, 0.2) is 0 Å². The van der Waals surface area contributed by atoms with Crippen molar-refractivity contribution in [3.05, 3.63) is 0 Å². The second-order valence-electron chi connectivity index (χ2n) is 1.05. The summed E-state index contributed by atoms with van der Waals surface area (Å²) in [5.41, 5.74) is 0. The van der Waals surface area contributed by atoms with Crippen molar-refractivity contribution < 1.29 is 10.9 Å². The fourth-order valence-electron chi connectivity index (χ4n) is 0.240. The summed E-state index contributed by atoms with van der Waals surface area (Å²) in [5, 5.41) is 0. The SMILES string of the molecule is CCO[As](F)OCC. The zero-order valence-corrected chi connectivity index (χ0v) is 6.93. The first-order valence-electron chi connectivity index (χ1n) is 2.53. The molecule has 4 heteroatoms. The molecular formula is C4H10AsFO2. The van der Waals surface area contributed by atoms with E-state index in [2.05, 4.69) is 7.45 Å². The second kappa shape index (κ2) is 5.54. The Morgan fingerprint density at radius 1 is 1.25 bits per heavy atom. The van der Waals surface area contributed by atoms with Gasteiger partial charge in [0.1, 0.15) is 0 Å². The molecule has 0 spiro atoms. The topological polar surface area (TPSA) is 18.5 Å². The zero-order valence-electron chi connectivity index (χ0n) is 5.06. The molecule has 0 aliphatic carbocycles. The average Bonchev–Trinajstić information content (AvgIpc) is 1.68. The quantitative estimate of drug-likeness (QED) is 0.607. The van der Waals surface area contributed by atoms with Crippen LogP contribution < -0.4 is 0 Å². The van der Waals surface area contributed by atoms with Gasteiger partial charge in [0.15, 0.2) is 0 Å². The van der Waals surface area contributed by atoms with E-state index in [0.717, 1.165) is 0 Å². The third kappa shape index (κ3) is 4.56. The number of hydrogen-bond donors (Lipinski definition) is 0. The molecule has 2 nitrogen and oxygen atoms in total. The fraction of sp³-hybridized carbons (Fsp3) is 1.00. The van der Waals surface area contributed by atoms with Gasteiger partial charge in [-0.1, -0.05) is 0 Å². The number of hydrogen-bond acceptors (Lipinski definition) is 2. The van der Waals surface area contributed by atoms with Gasteiger partial charge in [0.2, 0.25) is 0 Å². The molecule has 50 valence electrons. The van der Waals surface area contributed by atoms with E-state index in [9.17, 15) is 3.47 Å². The molecule has 0 bridgehead atoms. The van der Waals surface area contributed by atoms with Crippen LogP contribution >= 0.6 is 0 Å². The summed E-state index contributed by atoms with van der Waals surface area (Å²) < 4.78 is 21.2. The molecule has 0 unspecified atom stereocenters. The van der Waals surface area contributed by atoms with Crippen molar-refractivity contribution in [1.82, 2.24) is 0 Å². The fourth-order valence-corrected chi connectivity index (χ4v) is 1.25. The van der Waals surface area contributed by atoms with Gasteiger partial charge in [-0.2, -0.15) is 0 Å². The maximum atomic E-state index is 12.1. The summed E-state index contributed by atoms with van der Waals surface area (Å²) in [4.78, 5) is 0. The molecule has 0 heterocycles. The Kier molecular flexibility index (Phi) is 5.83. The number of halogens is 1. The van der Waals surface area contributed by atoms with Crippen molar-refractivity contribution in [2.45, 2.75) is 13.8 Å². The summed E-state index contributed by atoms with van der Waals surface area (Å²) in [7, 11) is 0. The van der Waals surface area contributed by atoms with E-state index in [0.29, 0.717) is 13.2 Å². The standard InChI is InChI=1S/C4H10AsFO2/c1-3-7-5(6)8-4-2/h3-4H2,1-2H3. The summed E-state index contributed by atoms with van der Waals surface area (Å²) >= 11 is -2.76. The van der Waals surface area contributed by atoms with Crippen molar-refractivity contribution in [2.75, 3.05) is 13.2 Å². The molecule has 0 radical (unpaired) electrons. The molecule has 0 atom stereocenters. The van der Waals surface area contributed by atoms with Crippen LogP contribution in [0.5, 0.6) is 0 Å². The molecule has 0 aromatic heterocycles. The molecule has 0 saturated heterocycles. The molecule has 0 amide bonds. The van der Waals surface area contributed by atoms with Crippen molar-refractivity contribution in [3.63, 3.8) is 0 Å². The van der Waals surface area contributed by atoms with E-state index in [1.165, 1.54) is 0 Å². The first-order valence-corrected chi connectivity index (χ1v) is 4.77. The Bertz CT molecular complexity index is 47.3. The average molecular weight is 184 g/mol. The van der Waals surface area contributed by atoms with Gasteiger partial charge < -0.3 is 0 Å². The Morgan fingerprint density at radius 3 is 1.88 bits per heavy atom. The Hall–Kier alpha value is 0.408. The van der Waals surface area contributed by atoms with E-state index in [-0.39, 0.29) is 0 Å². The zero-order chi connectivity index (χ0) is 6.41. The van der Waals surface area contributed by atoms with Crippen LogP contribution in [-0.4, -0.2) is 29.0 Å². The third-order valence-corrected chi connectivity index (χ3v) is 2.40. The normalized spacial score (nSPS) is 10.5. The third-order valence-electron chi connectivity index (χ3n) is 0.461. The Morgan fingerprint density at radius 2 is 1.62 bits per heavy atom. The predicted octanol–water partition coefficient (Wildman–Crippen LogP) is 1.01. The summed E-state index contributed by atoms with van der Waals surface area (Å²) in [6.07, 6.45) is 0. The van der Waals surface area contributed by atoms with Crippen LogP contribution in [0.2, 0.25) is 0 Å². The maximum absolute atomic E-state index is 12.1. The molecule has 0 rings (SSSR count). The van der Waals surface area contributed by atoms with Crippen molar-refractivity contribution in [3.8, 4) is 0 Å². The van der Waals surface area contributed by atoms with Gasteiger partial charge >= 0.3 is 53.8 Å². The van der Waals surface area contributed by atoms with Gasteiger partial charge in [-0.05, 0) is 0 Å². The van der Waals surface area contributed by atoms with E-state index in [1.54, 1.807) is 13.8 Å². The molecular weight excluding hydrogens is 174 g/mol. The molecule has 0 aromatic rings. The first kappa shape index (κ1) is 8.41. The van der Waals surface area contributed by atoms with E-state index >= 15 is 0 Å². The van der Waals surface area contributed by atoms with Crippen molar-refractivity contribution in [1.29, 1.82) is 0 Å². The van der Waals surface area contributed by atoms with Crippen LogP contribution in [0.25, 0.3) is 0 Å². The summed E-state index contributed by atoms with van der Waals surface area (Å²) in [6, 6.07) is 0. The van der Waals surface area contributed by atoms with Crippen LogP contribution in [0.1, 0.15) is 13.8 Å². The van der Waals surface area contributed by atoms with Gasteiger partial charge in [-0.3, -0.25) is 0 Å². The van der Waals surface area contributed by atoms with Gasteiger partial charge in [0.05, 0.1) is 0 Å². The van der Waals surface area contributed by atoms with Gasteiger partial charge in [-0.25, -0.2) is 0 Å². The summed E-state index contributed by atoms with van der Waals surface area (Å²) in [5.74, 6) is 0. The molecule has 0 aliphatic heterocycles. The molecule has 0 aliphatic rings. The predicted molar refractivity (Wildman–Crippen MR) is 30.1 cm³/mol. The number of rotatable bonds is 4. The van der Waals surface area contributed by atoms with Crippen LogP contribution in [-0.2, 0) is 7.45 Å². The Labute approximate surface area is 54.4 Å². The molecule has 0 aromatic carbocycles. The second-order valence-corrected chi connectivity index (χ2v) is 3.02. The summed E-state index contributed by atoms with van der Waals surface area (Å²) in [6.45, 7) is 4.33.